The van der Waals surface area contributed by atoms with Gasteiger partial charge >= 0.3 is 0 Å². The van der Waals surface area contributed by atoms with Gasteiger partial charge in [-0.05, 0) is 50.3 Å². The Hall–Kier alpha value is -3.76. The number of nitrogen functional groups attached to an aromatic ring is 1. The van der Waals surface area contributed by atoms with E-state index in [9.17, 15) is 4.79 Å². The molecule has 1 amide bonds. The zero-order valence-electron chi connectivity index (χ0n) is 20.8. The number of fused-ring (bicyclic) bond motifs is 1. The van der Waals surface area contributed by atoms with E-state index in [2.05, 4.69) is 39.2 Å². The fraction of sp³-hybridized carbons (Fsp3) is 0.308. The number of benzene rings is 1. The predicted octanol–water partition coefficient (Wildman–Crippen LogP) is 3.92. The van der Waals surface area contributed by atoms with Crippen LogP contribution in [0.4, 0.5) is 5.95 Å². The van der Waals surface area contributed by atoms with Crippen LogP contribution in [0.25, 0.3) is 15.9 Å². The van der Waals surface area contributed by atoms with Crippen molar-refractivity contribution in [2.45, 2.75) is 20.8 Å². The average Bonchev–Trinajstić information content (AvgIpc) is 3.57. The number of nitrogens with one attached hydrogen (secondary N) is 1. The first-order valence-corrected chi connectivity index (χ1v) is 12.9. The van der Waals surface area contributed by atoms with Crippen molar-refractivity contribution in [2.24, 2.45) is 5.16 Å². The number of amides is 1. The summed E-state index contributed by atoms with van der Waals surface area (Å²) in [5.74, 6) is -0.0448. The lowest BCUT2D eigenvalue weighted by atomic mass is 10.0. The fourth-order valence-corrected chi connectivity index (χ4v) is 4.78. The van der Waals surface area contributed by atoms with Crippen molar-refractivity contribution in [3.8, 4) is 5.69 Å². The van der Waals surface area contributed by atoms with Gasteiger partial charge in [-0.15, -0.1) is 11.3 Å². The third-order valence-electron chi connectivity index (χ3n) is 5.79. The number of carbonyl (C=O) groups is 1. The van der Waals surface area contributed by atoms with Crippen LogP contribution in [0.1, 0.15) is 41.7 Å². The standard InChI is InChI=1S/C26H31N7O2S/c1-4-28-24(34)21-17-20-23(29-26(27)30-25(20)36-21)22(31-35-16-15-32(5-2)6-3)18-9-11-19(12-10-18)33-13-7-8-14-33/h7-14,17H,4-6,15-16H2,1-3H3,(H,28,34)(H2,27,29,30)/b31-22+. The minimum atomic E-state index is -0.157. The second-order valence-corrected chi connectivity index (χ2v) is 9.09. The van der Waals surface area contributed by atoms with Crippen LogP contribution in [-0.2, 0) is 4.84 Å². The maximum absolute atomic E-state index is 12.5. The Balaban J connectivity index is 1.75. The van der Waals surface area contributed by atoms with Crippen LogP contribution in [-0.4, -0.2) is 63.8 Å². The topological polar surface area (TPSA) is 111 Å². The van der Waals surface area contributed by atoms with E-state index in [0.717, 1.165) is 30.9 Å². The number of oxime groups is 1. The minimum absolute atomic E-state index is 0.113. The highest BCUT2D eigenvalue weighted by molar-refractivity contribution is 7.20. The molecule has 0 aliphatic carbocycles. The zero-order chi connectivity index (χ0) is 25.5. The lowest BCUT2D eigenvalue weighted by Gasteiger charge is -2.17. The number of thiophene rings is 1. The van der Waals surface area contributed by atoms with Gasteiger partial charge in [0.1, 0.15) is 22.8 Å². The van der Waals surface area contributed by atoms with Crippen LogP contribution in [0, 0.1) is 0 Å². The summed E-state index contributed by atoms with van der Waals surface area (Å²) in [4.78, 5) is 30.6. The van der Waals surface area contributed by atoms with Crippen LogP contribution >= 0.6 is 11.3 Å². The number of hydrogen-bond donors (Lipinski definition) is 2. The quantitative estimate of drug-likeness (QED) is 0.182. The second-order valence-electron chi connectivity index (χ2n) is 8.06. The van der Waals surface area contributed by atoms with Gasteiger partial charge in [-0.25, -0.2) is 9.97 Å². The number of carbonyl (C=O) groups excluding carboxylic acids is 1. The molecule has 4 rings (SSSR count). The molecule has 0 aliphatic rings. The third kappa shape index (κ3) is 5.72. The Bertz CT molecular complexity index is 1330. The molecule has 3 heterocycles. The van der Waals surface area contributed by atoms with E-state index in [1.165, 1.54) is 11.3 Å². The number of likely N-dealkylation sites (N-methyl/N-ethyl adjacent to an activating group) is 1. The number of nitrogens with zero attached hydrogens (tertiary/aromatic N) is 5. The molecular formula is C26H31N7O2S. The number of rotatable bonds is 11. The van der Waals surface area contributed by atoms with E-state index in [-0.39, 0.29) is 11.9 Å². The van der Waals surface area contributed by atoms with Crippen LogP contribution in [0.15, 0.2) is 60.0 Å². The molecule has 1 aromatic carbocycles. The molecule has 36 heavy (non-hydrogen) atoms. The Morgan fingerprint density at radius 1 is 1.14 bits per heavy atom. The molecule has 10 heteroatoms. The molecule has 0 saturated heterocycles. The first-order valence-electron chi connectivity index (χ1n) is 12.1. The summed E-state index contributed by atoms with van der Waals surface area (Å²) in [6.07, 6.45) is 3.98. The maximum atomic E-state index is 12.5. The van der Waals surface area contributed by atoms with Crippen LogP contribution in [0.2, 0.25) is 0 Å². The Morgan fingerprint density at radius 3 is 2.53 bits per heavy atom. The van der Waals surface area contributed by atoms with Gasteiger partial charge in [0.15, 0.2) is 0 Å². The van der Waals surface area contributed by atoms with Gasteiger partial charge in [0.2, 0.25) is 5.95 Å². The van der Waals surface area contributed by atoms with Gasteiger partial charge in [0, 0.05) is 42.1 Å². The van der Waals surface area contributed by atoms with Crippen LogP contribution < -0.4 is 11.1 Å². The number of aromatic nitrogens is 3. The molecule has 0 bridgehead atoms. The number of anilines is 1. The maximum Gasteiger partial charge on any atom is 0.261 e. The van der Waals surface area contributed by atoms with Gasteiger partial charge in [0.25, 0.3) is 5.91 Å². The summed E-state index contributed by atoms with van der Waals surface area (Å²) >= 11 is 1.28. The summed E-state index contributed by atoms with van der Waals surface area (Å²) in [6, 6.07) is 13.7. The second kappa shape index (κ2) is 11.8. The van der Waals surface area contributed by atoms with Crippen molar-refractivity contribution in [1.82, 2.24) is 24.8 Å². The fourth-order valence-electron chi connectivity index (χ4n) is 3.83. The molecule has 0 fully saturated rings. The molecule has 4 aromatic rings. The summed E-state index contributed by atoms with van der Waals surface area (Å²) < 4.78 is 2.03. The Kier molecular flexibility index (Phi) is 8.29. The summed E-state index contributed by atoms with van der Waals surface area (Å²) in [5.41, 5.74) is 8.98. The largest absolute Gasteiger partial charge is 0.394 e. The molecular weight excluding hydrogens is 474 g/mol. The van der Waals surface area contributed by atoms with E-state index in [0.29, 0.717) is 39.7 Å². The molecule has 3 aromatic heterocycles. The third-order valence-corrected chi connectivity index (χ3v) is 6.82. The molecule has 3 N–H and O–H groups in total. The highest BCUT2D eigenvalue weighted by Gasteiger charge is 2.20. The zero-order valence-corrected chi connectivity index (χ0v) is 21.6. The molecule has 188 valence electrons. The average molecular weight is 506 g/mol. The van der Waals surface area contributed by atoms with Gasteiger partial charge < -0.3 is 25.4 Å². The monoisotopic (exact) mass is 505 g/mol. The molecule has 9 nitrogen and oxygen atoms in total. The summed E-state index contributed by atoms with van der Waals surface area (Å²) in [7, 11) is 0. The summed E-state index contributed by atoms with van der Waals surface area (Å²) in [5, 5.41) is 8.06. The molecule has 0 saturated carbocycles. The minimum Gasteiger partial charge on any atom is -0.394 e. The van der Waals surface area contributed by atoms with Gasteiger partial charge in [-0.3, -0.25) is 4.79 Å². The first-order chi connectivity index (χ1) is 17.5. The van der Waals surface area contributed by atoms with E-state index in [1.54, 1.807) is 6.07 Å². The Morgan fingerprint density at radius 2 is 1.86 bits per heavy atom. The predicted molar refractivity (Wildman–Crippen MR) is 145 cm³/mol. The lowest BCUT2D eigenvalue weighted by molar-refractivity contribution is 0.0960. The lowest BCUT2D eigenvalue weighted by Crippen LogP contribution is -2.26. The number of hydrogen-bond acceptors (Lipinski definition) is 8. The van der Waals surface area contributed by atoms with Gasteiger partial charge in [-0.2, -0.15) is 0 Å². The Labute approximate surface area is 214 Å². The van der Waals surface area contributed by atoms with Gasteiger partial charge in [0.05, 0.1) is 4.88 Å². The van der Waals surface area contributed by atoms with Gasteiger partial charge in [-0.1, -0.05) is 31.1 Å². The normalized spacial score (nSPS) is 11.8. The van der Waals surface area contributed by atoms with E-state index in [1.807, 2.05) is 60.3 Å². The van der Waals surface area contributed by atoms with E-state index >= 15 is 0 Å². The molecule has 0 radical (unpaired) electrons. The van der Waals surface area contributed by atoms with Crippen molar-refractivity contribution in [2.75, 3.05) is 38.5 Å². The molecule has 0 spiro atoms. The highest BCUT2D eigenvalue weighted by Crippen LogP contribution is 2.29. The van der Waals surface area contributed by atoms with Crippen molar-refractivity contribution in [3.05, 3.63) is 71.0 Å². The molecule has 0 aliphatic heterocycles. The summed E-state index contributed by atoms with van der Waals surface area (Å²) in [6.45, 7) is 9.74. The SMILES string of the molecule is CCNC(=O)c1cc2c(/C(=N/OCCN(CC)CC)c3ccc(-n4cccc4)cc3)nc(N)nc2s1. The van der Waals surface area contributed by atoms with E-state index in [4.69, 9.17) is 10.6 Å². The first kappa shape index (κ1) is 25.3. The van der Waals surface area contributed by atoms with E-state index < -0.39 is 0 Å². The van der Waals surface area contributed by atoms with Crippen molar-refractivity contribution >= 4 is 39.1 Å². The van der Waals surface area contributed by atoms with Crippen molar-refractivity contribution in [3.63, 3.8) is 0 Å². The van der Waals surface area contributed by atoms with Crippen molar-refractivity contribution in [1.29, 1.82) is 0 Å². The smallest absolute Gasteiger partial charge is 0.261 e. The number of nitrogens with two attached hydrogens (primary N) is 1. The molecule has 0 atom stereocenters. The van der Waals surface area contributed by atoms with Crippen LogP contribution in [0.5, 0.6) is 0 Å². The highest BCUT2D eigenvalue weighted by atomic mass is 32.1. The van der Waals surface area contributed by atoms with Crippen LogP contribution in [0.3, 0.4) is 0 Å². The van der Waals surface area contributed by atoms with Crippen molar-refractivity contribution < 1.29 is 9.63 Å². The molecule has 0 unspecified atom stereocenters.